The molecule has 0 radical (unpaired) electrons. The highest BCUT2D eigenvalue weighted by Gasteiger charge is 2.52. The lowest BCUT2D eigenvalue weighted by atomic mass is 9.89. The van der Waals surface area contributed by atoms with Gasteiger partial charge in [0.1, 0.15) is 11.4 Å². The molecule has 1 saturated carbocycles. The van der Waals surface area contributed by atoms with Gasteiger partial charge in [0.25, 0.3) is 5.91 Å². The number of hydrogen-bond donors (Lipinski definition) is 2. The van der Waals surface area contributed by atoms with E-state index in [1.807, 2.05) is 4.90 Å². The van der Waals surface area contributed by atoms with Crippen LogP contribution in [-0.4, -0.2) is 118 Å². The van der Waals surface area contributed by atoms with Gasteiger partial charge >= 0.3 is 12.2 Å². The quantitative estimate of drug-likeness (QED) is 0.314. The van der Waals surface area contributed by atoms with Gasteiger partial charge in [-0.15, -0.1) is 12.4 Å². The Morgan fingerprint density at radius 3 is 2.33 bits per heavy atom. The van der Waals surface area contributed by atoms with Crippen LogP contribution in [-0.2, 0) is 25.3 Å². The molecule has 19 heteroatoms. The van der Waals surface area contributed by atoms with Crippen molar-refractivity contribution < 1.29 is 37.1 Å². The van der Waals surface area contributed by atoms with Gasteiger partial charge in [0.2, 0.25) is 11.8 Å². The Labute approximate surface area is 341 Å². The molecule has 308 valence electrons. The van der Waals surface area contributed by atoms with Crippen LogP contribution in [0.25, 0.3) is 0 Å². The van der Waals surface area contributed by atoms with Crippen molar-refractivity contribution in [3.8, 4) is 6.07 Å². The molecule has 0 spiro atoms. The largest absolute Gasteiger partial charge is 0.417 e. The van der Waals surface area contributed by atoms with Gasteiger partial charge in [0.05, 0.1) is 54.0 Å². The molecule has 2 atom stereocenters. The molecule has 3 saturated heterocycles. The van der Waals surface area contributed by atoms with Gasteiger partial charge in [0.15, 0.2) is 5.11 Å². The number of alkyl halides is 3. The summed E-state index contributed by atoms with van der Waals surface area (Å²) >= 11 is 5.73. The van der Waals surface area contributed by atoms with E-state index >= 15 is 0 Å². The van der Waals surface area contributed by atoms with Gasteiger partial charge in [-0.05, 0) is 95.9 Å². The number of carbonyl (C=O) groups is 4. The second-order valence-electron chi connectivity index (χ2n) is 15.3. The number of urea groups is 1. The van der Waals surface area contributed by atoms with E-state index in [2.05, 4.69) is 39.3 Å². The number of ether oxygens (including phenoxy) is 1. The van der Waals surface area contributed by atoms with Gasteiger partial charge < -0.3 is 15.0 Å². The number of anilines is 3. The van der Waals surface area contributed by atoms with E-state index in [1.165, 1.54) is 17.2 Å². The van der Waals surface area contributed by atoms with E-state index in [0.29, 0.717) is 31.0 Å². The van der Waals surface area contributed by atoms with Crippen LogP contribution >= 0.6 is 24.6 Å². The number of pyridine rings is 1. The first-order valence-electron chi connectivity index (χ1n) is 18.7. The average molecular weight is 834 g/mol. The predicted octanol–water partition coefficient (Wildman–Crippen LogP) is 4.91. The van der Waals surface area contributed by atoms with Crippen molar-refractivity contribution in [3.63, 3.8) is 0 Å². The first-order valence-corrected chi connectivity index (χ1v) is 19.1. The Morgan fingerprint density at radius 1 is 1.07 bits per heavy atom. The first-order chi connectivity index (χ1) is 26.5. The summed E-state index contributed by atoms with van der Waals surface area (Å²) in [6.07, 6.45) is -0.174. The number of aromatic nitrogens is 1. The Balaban J connectivity index is 0.00000620. The smallest absolute Gasteiger partial charge is 0.377 e. The Morgan fingerprint density at radius 2 is 1.74 bits per heavy atom. The summed E-state index contributed by atoms with van der Waals surface area (Å²) in [6, 6.07) is 7.71. The zero-order valence-electron chi connectivity index (χ0n) is 32.2. The van der Waals surface area contributed by atoms with Gasteiger partial charge in [-0.1, -0.05) is 0 Å². The molecule has 1 aromatic carbocycles. The molecule has 0 unspecified atom stereocenters. The molecule has 4 fully saturated rings. The molecule has 0 bridgehead atoms. The van der Waals surface area contributed by atoms with Gasteiger partial charge in [-0.3, -0.25) is 39.3 Å². The summed E-state index contributed by atoms with van der Waals surface area (Å²) < 4.78 is 47.5. The maximum Gasteiger partial charge on any atom is 0.417 e. The summed E-state index contributed by atoms with van der Waals surface area (Å²) in [6.45, 7) is 10.9. The Bertz CT molecular complexity index is 1890. The SMILES string of the molecule is C[C@@H]1CN(CCOC2CCC(N3C(=S)N(c4ccc(C#N)c(C(F)(F)F)c4)C(=O)C3(C)C)CC2)C[C@H](C)N1CC(=O)Nc1ccc(N2CCC(=O)NC2=O)cn1.Cl. The van der Waals surface area contributed by atoms with Crippen LogP contribution in [0.4, 0.5) is 35.2 Å². The third-order valence-corrected chi connectivity index (χ3v) is 11.4. The number of nitriles is 1. The number of piperazine rings is 1. The molecule has 4 aliphatic rings. The third kappa shape index (κ3) is 9.50. The van der Waals surface area contributed by atoms with Crippen molar-refractivity contribution in [1.82, 2.24) is 25.0 Å². The molecule has 1 aliphatic carbocycles. The molecule has 4 heterocycles. The number of imide groups is 1. The van der Waals surface area contributed by atoms with Crippen molar-refractivity contribution in [2.45, 2.75) is 95.7 Å². The zero-order chi connectivity index (χ0) is 40.5. The summed E-state index contributed by atoms with van der Waals surface area (Å²) in [5.74, 6) is -0.567. The molecule has 14 nitrogen and oxygen atoms in total. The second-order valence-corrected chi connectivity index (χ2v) is 15.7. The molecule has 3 aliphatic heterocycles. The summed E-state index contributed by atoms with van der Waals surface area (Å²) in [5.41, 5.74) is -2.19. The number of amides is 5. The molecular weight excluding hydrogens is 787 g/mol. The summed E-state index contributed by atoms with van der Waals surface area (Å²) in [7, 11) is 0. The predicted molar refractivity (Wildman–Crippen MR) is 212 cm³/mol. The van der Waals surface area contributed by atoms with E-state index in [1.54, 1.807) is 32.0 Å². The van der Waals surface area contributed by atoms with Crippen LogP contribution in [0.2, 0.25) is 0 Å². The number of hydrogen-bond acceptors (Lipinski definition) is 10. The van der Waals surface area contributed by atoms with Crippen molar-refractivity contribution in [2.24, 2.45) is 0 Å². The molecule has 6 rings (SSSR count). The van der Waals surface area contributed by atoms with E-state index in [-0.39, 0.29) is 78.8 Å². The standard InChI is InChI=1S/C38H46F3N9O5S.ClH/c1-23-20-46(21-24(2)48(23)22-33(52)44-31-12-9-28(19-43-31)47-14-13-32(51)45-35(47)54)15-16-55-29-10-7-26(8-11-29)50-36(56)49(34(53)37(50,3)4)27-6-5-25(18-42)30(17-27)38(39,40)41;/h5-6,9,12,17,19,23-24,26,29H,7-8,10-11,13-16,20-22H2,1-4H3,(H,43,44,52)(H,45,51,54);1H/t23-,24+,26?,29?;. The number of nitrogens with zero attached hydrogens (tertiary/aromatic N) is 7. The van der Waals surface area contributed by atoms with E-state index < -0.39 is 34.8 Å². The highest BCUT2D eigenvalue weighted by atomic mass is 35.5. The maximum atomic E-state index is 13.7. The third-order valence-electron chi connectivity index (χ3n) is 11.1. The molecule has 2 aromatic rings. The molecule has 5 amide bonds. The van der Waals surface area contributed by atoms with Crippen LogP contribution in [0, 0.1) is 11.3 Å². The van der Waals surface area contributed by atoms with Crippen molar-refractivity contribution in [3.05, 3.63) is 47.7 Å². The lowest BCUT2D eigenvalue weighted by Crippen LogP contribution is -2.58. The first kappa shape index (κ1) is 43.7. The minimum atomic E-state index is -4.76. The number of nitrogens with one attached hydrogen (secondary N) is 2. The van der Waals surface area contributed by atoms with Crippen molar-refractivity contribution >= 4 is 70.7 Å². The monoisotopic (exact) mass is 833 g/mol. The van der Waals surface area contributed by atoms with Crippen molar-refractivity contribution in [2.75, 3.05) is 54.4 Å². The van der Waals surface area contributed by atoms with E-state index in [9.17, 15) is 37.6 Å². The normalized spacial score (nSPS) is 24.6. The zero-order valence-corrected chi connectivity index (χ0v) is 33.8. The van der Waals surface area contributed by atoms with Gasteiger partial charge in [0, 0.05) is 50.7 Å². The number of rotatable bonds is 10. The fourth-order valence-corrected chi connectivity index (χ4v) is 8.78. The lowest BCUT2D eigenvalue weighted by molar-refractivity contribution is -0.137. The maximum absolute atomic E-state index is 13.7. The van der Waals surface area contributed by atoms with Crippen LogP contribution in [0.15, 0.2) is 36.5 Å². The fraction of sp³-hybridized carbons (Fsp3) is 0.553. The lowest BCUT2D eigenvalue weighted by Gasteiger charge is -2.44. The average Bonchev–Trinajstić information content (AvgIpc) is 3.32. The van der Waals surface area contributed by atoms with Crippen LogP contribution in [0.3, 0.4) is 0 Å². The van der Waals surface area contributed by atoms with Gasteiger partial charge in [-0.2, -0.15) is 18.4 Å². The van der Waals surface area contributed by atoms with Crippen LogP contribution < -0.4 is 20.4 Å². The van der Waals surface area contributed by atoms with E-state index in [4.69, 9.17) is 17.0 Å². The highest BCUT2D eigenvalue weighted by Crippen LogP contribution is 2.40. The number of thiocarbonyl (C=S) groups is 1. The topological polar surface area (TPSA) is 154 Å². The number of carbonyl (C=O) groups excluding carboxylic acids is 4. The van der Waals surface area contributed by atoms with Crippen LogP contribution in [0.1, 0.15) is 70.9 Å². The fourth-order valence-electron chi connectivity index (χ4n) is 8.21. The van der Waals surface area contributed by atoms with Crippen molar-refractivity contribution in [1.29, 1.82) is 5.26 Å². The molecule has 1 aromatic heterocycles. The highest BCUT2D eigenvalue weighted by molar-refractivity contribution is 7.80. The van der Waals surface area contributed by atoms with Crippen LogP contribution in [0.5, 0.6) is 0 Å². The summed E-state index contributed by atoms with van der Waals surface area (Å²) in [5, 5.41) is 14.5. The summed E-state index contributed by atoms with van der Waals surface area (Å²) in [4.78, 5) is 63.3. The minimum absolute atomic E-state index is 0. The minimum Gasteiger partial charge on any atom is -0.377 e. The number of halogens is 4. The number of benzene rings is 1. The second kappa shape index (κ2) is 17.6. The Kier molecular flexibility index (Phi) is 13.5. The van der Waals surface area contributed by atoms with Gasteiger partial charge in [-0.25, -0.2) is 9.78 Å². The van der Waals surface area contributed by atoms with E-state index in [0.717, 1.165) is 49.5 Å². The molecular formula is C38H47ClF3N9O5S. The molecule has 2 N–H and O–H groups in total. The Hall–Kier alpha value is -4.41. The molecule has 57 heavy (non-hydrogen) atoms.